The van der Waals surface area contributed by atoms with Crippen LogP contribution in [0, 0.1) is 0 Å². The molecular weight excluding hydrogens is 210 g/mol. The molecule has 0 fully saturated rings. The zero-order valence-corrected chi connectivity index (χ0v) is 7.86. The van der Waals surface area contributed by atoms with E-state index in [0.29, 0.717) is 12.5 Å². The SMILES string of the molecule is ClCCO[Si](Cl)(Cl)Cl. The Labute approximate surface area is 68.1 Å². The Balaban J connectivity index is 3.11. The average molecular weight is 214 g/mol. The van der Waals surface area contributed by atoms with Crippen molar-refractivity contribution in [1.82, 2.24) is 0 Å². The van der Waals surface area contributed by atoms with Crippen molar-refractivity contribution < 1.29 is 4.43 Å². The molecule has 6 heteroatoms. The average Bonchev–Trinajstić information content (AvgIpc) is 1.59. The molecule has 0 spiro atoms. The Bertz CT molecular complexity index is 61.5. The molecule has 8 heavy (non-hydrogen) atoms. The van der Waals surface area contributed by atoms with E-state index in [-0.39, 0.29) is 0 Å². The molecule has 0 aromatic carbocycles. The van der Waals surface area contributed by atoms with Crippen LogP contribution in [0.5, 0.6) is 0 Å². The smallest absolute Gasteiger partial charge is 0.380 e. The van der Waals surface area contributed by atoms with Crippen LogP contribution in [0.1, 0.15) is 0 Å². The fourth-order valence-electron chi connectivity index (χ4n) is 0.154. The molecule has 0 atom stereocenters. The third-order valence-corrected chi connectivity index (χ3v) is 2.01. The number of hydrogen-bond acceptors (Lipinski definition) is 1. The van der Waals surface area contributed by atoms with Crippen molar-refractivity contribution in [1.29, 1.82) is 0 Å². The number of rotatable bonds is 3. The van der Waals surface area contributed by atoms with Crippen LogP contribution in [-0.4, -0.2) is 18.7 Å². The Kier molecular flexibility index (Phi) is 4.90. The fraction of sp³-hybridized carbons (Fsp3) is 1.00. The molecule has 0 aromatic rings. The number of alkyl halides is 1. The summed E-state index contributed by atoms with van der Waals surface area (Å²) in [6.45, 7) is 0.310. The molecule has 0 aliphatic heterocycles. The van der Waals surface area contributed by atoms with E-state index in [4.69, 9.17) is 44.8 Å². The zero-order chi connectivity index (χ0) is 6.62. The van der Waals surface area contributed by atoms with Gasteiger partial charge in [-0.15, -0.1) is 11.6 Å². The Hall–Kier alpha value is 1.34. The van der Waals surface area contributed by atoms with E-state index in [0.717, 1.165) is 0 Å². The molecule has 0 N–H and O–H groups in total. The van der Waals surface area contributed by atoms with E-state index >= 15 is 0 Å². The molecule has 0 aliphatic carbocycles. The van der Waals surface area contributed by atoms with E-state index in [1.54, 1.807) is 0 Å². The third kappa shape index (κ3) is 7.34. The van der Waals surface area contributed by atoms with Gasteiger partial charge in [0.2, 0.25) is 0 Å². The zero-order valence-electron chi connectivity index (χ0n) is 3.83. The molecule has 0 saturated carbocycles. The highest BCUT2D eigenvalue weighted by molar-refractivity contribution is 7.62. The normalized spacial score (nSPS) is 12.0. The Morgan fingerprint density at radius 3 is 1.88 bits per heavy atom. The van der Waals surface area contributed by atoms with Gasteiger partial charge in [0.25, 0.3) is 0 Å². The van der Waals surface area contributed by atoms with Gasteiger partial charge >= 0.3 is 6.25 Å². The monoisotopic (exact) mass is 212 g/mol. The topological polar surface area (TPSA) is 9.23 Å². The molecule has 0 amide bonds. The predicted molar refractivity (Wildman–Crippen MR) is 40.0 cm³/mol. The molecule has 0 radical (unpaired) electrons. The number of hydrogen-bond donors (Lipinski definition) is 0. The van der Waals surface area contributed by atoms with Gasteiger partial charge in [-0.2, -0.15) is 0 Å². The summed E-state index contributed by atoms with van der Waals surface area (Å²) < 4.78 is 4.68. The van der Waals surface area contributed by atoms with Gasteiger partial charge in [-0.05, 0) is 0 Å². The van der Waals surface area contributed by atoms with E-state index < -0.39 is 6.25 Å². The molecule has 0 aromatic heterocycles. The summed E-state index contributed by atoms with van der Waals surface area (Å²) in [6.07, 6.45) is -2.85. The van der Waals surface area contributed by atoms with Gasteiger partial charge in [0.15, 0.2) is 0 Å². The lowest BCUT2D eigenvalue weighted by Gasteiger charge is -2.05. The second kappa shape index (κ2) is 4.20. The van der Waals surface area contributed by atoms with Crippen LogP contribution >= 0.6 is 44.8 Å². The summed E-state index contributed by atoms with van der Waals surface area (Å²) in [7, 11) is 0. The first kappa shape index (κ1) is 9.34. The van der Waals surface area contributed by atoms with Crippen LogP contribution in [0.15, 0.2) is 0 Å². The second-order valence-electron chi connectivity index (χ2n) is 0.983. The summed E-state index contributed by atoms with van der Waals surface area (Å²) in [6, 6.07) is 0. The first-order valence-electron chi connectivity index (χ1n) is 1.83. The first-order chi connectivity index (χ1) is 3.56. The van der Waals surface area contributed by atoms with E-state index in [9.17, 15) is 0 Å². The minimum absolute atomic E-state index is 0.310. The largest absolute Gasteiger partial charge is 0.493 e. The van der Waals surface area contributed by atoms with Crippen molar-refractivity contribution in [3.8, 4) is 0 Å². The van der Waals surface area contributed by atoms with Gasteiger partial charge in [-0.25, -0.2) is 0 Å². The van der Waals surface area contributed by atoms with Gasteiger partial charge in [0.1, 0.15) is 0 Å². The van der Waals surface area contributed by atoms with E-state index in [1.807, 2.05) is 0 Å². The predicted octanol–water partition coefficient (Wildman–Crippen LogP) is 2.39. The lowest BCUT2D eigenvalue weighted by molar-refractivity contribution is 0.363. The van der Waals surface area contributed by atoms with Crippen molar-refractivity contribution in [2.24, 2.45) is 0 Å². The standard InChI is InChI=1S/C2H4Cl4OSi/c3-1-2-7-8(4,5)6/h1-2H2. The summed E-state index contributed by atoms with van der Waals surface area (Å²) in [5.41, 5.74) is 0. The number of halogens is 4. The fourth-order valence-corrected chi connectivity index (χ4v) is 1.39. The molecule has 0 bridgehead atoms. The van der Waals surface area contributed by atoms with Crippen LogP contribution in [0.4, 0.5) is 0 Å². The molecule has 0 aliphatic rings. The Morgan fingerprint density at radius 1 is 1.25 bits per heavy atom. The highest BCUT2D eigenvalue weighted by Gasteiger charge is 2.26. The van der Waals surface area contributed by atoms with Crippen LogP contribution < -0.4 is 0 Å². The van der Waals surface area contributed by atoms with Crippen molar-refractivity contribution >= 4 is 51.1 Å². The van der Waals surface area contributed by atoms with Crippen LogP contribution in [0.25, 0.3) is 0 Å². The van der Waals surface area contributed by atoms with Gasteiger partial charge < -0.3 is 4.43 Å². The molecular formula is C2H4Cl4OSi. The lowest BCUT2D eigenvalue weighted by atomic mass is 10.9. The maximum Gasteiger partial charge on any atom is 0.493 e. The lowest BCUT2D eigenvalue weighted by Crippen LogP contribution is -2.17. The molecule has 1 nitrogen and oxygen atoms in total. The minimum atomic E-state index is -2.85. The molecule has 0 saturated heterocycles. The molecule has 0 unspecified atom stereocenters. The third-order valence-electron chi connectivity index (χ3n) is 0.343. The van der Waals surface area contributed by atoms with Crippen LogP contribution in [0.2, 0.25) is 0 Å². The summed E-state index contributed by atoms with van der Waals surface area (Å²) in [4.78, 5) is 0. The van der Waals surface area contributed by atoms with Gasteiger partial charge in [-0.3, -0.25) is 0 Å². The maximum absolute atomic E-state index is 5.30. The maximum atomic E-state index is 5.30. The van der Waals surface area contributed by atoms with E-state index in [1.165, 1.54) is 0 Å². The highest BCUT2D eigenvalue weighted by atomic mass is 35.8. The van der Waals surface area contributed by atoms with Crippen LogP contribution in [-0.2, 0) is 4.43 Å². The first-order valence-corrected chi connectivity index (χ1v) is 7.31. The van der Waals surface area contributed by atoms with Gasteiger partial charge in [0, 0.05) is 5.88 Å². The van der Waals surface area contributed by atoms with Gasteiger partial charge in [0.05, 0.1) is 6.61 Å². The molecule has 50 valence electrons. The Morgan fingerprint density at radius 2 is 1.75 bits per heavy atom. The van der Waals surface area contributed by atoms with Crippen molar-refractivity contribution in [3.05, 3.63) is 0 Å². The summed E-state index contributed by atoms with van der Waals surface area (Å²) in [5, 5.41) is 0. The summed E-state index contributed by atoms with van der Waals surface area (Å²) in [5.74, 6) is 0.362. The highest BCUT2D eigenvalue weighted by Crippen LogP contribution is 2.20. The van der Waals surface area contributed by atoms with Crippen molar-refractivity contribution in [3.63, 3.8) is 0 Å². The molecule has 0 heterocycles. The van der Waals surface area contributed by atoms with Crippen molar-refractivity contribution in [2.75, 3.05) is 12.5 Å². The quantitative estimate of drug-likeness (QED) is 0.398. The second-order valence-corrected chi connectivity index (χ2v) is 9.07. The minimum Gasteiger partial charge on any atom is -0.380 e. The summed E-state index contributed by atoms with van der Waals surface area (Å²) >= 11 is 21.1. The van der Waals surface area contributed by atoms with Crippen LogP contribution in [0.3, 0.4) is 0 Å². The van der Waals surface area contributed by atoms with E-state index in [2.05, 4.69) is 4.43 Å². The molecule has 0 rings (SSSR count). The van der Waals surface area contributed by atoms with Crippen molar-refractivity contribution in [2.45, 2.75) is 0 Å². The van der Waals surface area contributed by atoms with Gasteiger partial charge in [-0.1, -0.05) is 33.2 Å².